The summed E-state index contributed by atoms with van der Waals surface area (Å²) >= 11 is 0. The van der Waals surface area contributed by atoms with E-state index in [2.05, 4.69) is 15.2 Å². The zero-order chi connectivity index (χ0) is 14.4. The Kier molecular flexibility index (Phi) is 5.35. The van der Waals surface area contributed by atoms with Gasteiger partial charge in [0.1, 0.15) is 5.82 Å². The van der Waals surface area contributed by atoms with Crippen LogP contribution in [0.3, 0.4) is 0 Å². The van der Waals surface area contributed by atoms with E-state index in [0.29, 0.717) is 13.0 Å². The maximum Gasteiger partial charge on any atom is 0.221 e. The fraction of sp³-hybridized carbons (Fsp3) is 0.600. The molecule has 1 aliphatic rings. The van der Waals surface area contributed by atoms with Gasteiger partial charge in [-0.25, -0.2) is 4.98 Å². The number of hydrogen-bond acceptors (Lipinski definition) is 4. The number of anilines is 1. The molecule has 5 nitrogen and oxygen atoms in total. The third-order valence-corrected chi connectivity index (χ3v) is 3.49. The summed E-state index contributed by atoms with van der Waals surface area (Å²) in [5.41, 5.74) is 6.60. The molecule has 1 saturated heterocycles. The zero-order valence-corrected chi connectivity index (χ0v) is 12.1. The fourth-order valence-corrected chi connectivity index (χ4v) is 2.40. The molecular weight excluding hydrogens is 252 g/mol. The van der Waals surface area contributed by atoms with Crippen molar-refractivity contribution in [1.29, 1.82) is 0 Å². The predicted octanol–water partition coefficient (Wildman–Crippen LogP) is 1.43. The molecule has 0 aliphatic carbocycles. The van der Waals surface area contributed by atoms with Gasteiger partial charge in [-0.05, 0) is 37.8 Å². The predicted molar refractivity (Wildman–Crippen MR) is 80.4 cm³/mol. The molecule has 1 aromatic rings. The SMILES string of the molecule is CC(N)CC(=O)NCc1ccc(N2CCCCC2)nc1. The molecule has 0 spiro atoms. The van der Waals surface area contributed by atoms with Gasteiger partial charge in [-0.3, -0.25) is 4.79 Å². The Bertz CT molecular complexity index is 424. The van der Waals surface area contributed by atoms with Gasteiger partial charge in [0.2, 0.25) is 5.91 Å². The first-order chi connectivity index (χ1) is 9.65. The molecule has 2 heterocycles. The van der Waals surface area contributed by atoms with E-state index in [1.54, 1.807) is 0 Å². The number of carbonyl (C=O) groups excluding carboxylic acids is 1. The van der Waals surface area contributed by atoms with Crippen molar-refractivity contribution < 1.29 is 4.79 Å². The molecule has 110 valence electrons. The van der Waals surface area contributed by atoms with Gasteiger partial charge in [0.15, 0.2) is 0 Å². The Morgan fingerprint density at radius 2 is 2.15 bits per heavy atom. The number of pyridine rings is 1. The molecule has 5 heteroatoms. The number of aromatic nitrogens is 1. The largest absolute Gasteiger partial charge is 0.357 e. The van der Waals surface area contributed by atoms with Crippen molar-refractivity contribution in [2.24, 2.45) is 5.73 Å². The van der Waals surface area contributed by atoms with E-state index >= 15 is 0 Å². The second-order valence-corrected chi connectivity index (χ2v) is 5.53. The van der Waals surface area contributed by atoms with E-state index in [1.807, 2.05) is 25.3 Å². The minimum atomic E-state index is -0.102. The van der Waals surface area contributed by atoms with Gasteiger partial charge in [0.25, 0.3) is 0 Å². The van der Waals surface area contributed by atoms with Crippen LogP contribution >= 0.6 is 0 Å². The van der Waals surface area contributed by atoms with Crippen LogP contribution in [-0.4, -0.2) is 30.0 Å². The second kappa shape index (κ2) is 7.24. The lowest BCUT2D eigenvalue weighted by atomic mass is 10.1. The molecule has 1 fully saturated rings. The minimum absolute atomic E-state index is 0.0138. The molecule has 0 saturated carbocycles. The molecule has 0 aromatic carbocycles. The van der Waals surface area contributed by atoms with Crippen LogP contribution < -0.4 is 16.0 Å². The second-order valence-electron chi connectivity index (χ2n) is 5.53. The number of carbonyl (C=O) groups is 1. The molecule has 3 N–H and O–H groups in total. The van der Waals surface area contributed by atoms with E-state index in [4.69, 9.17) is 5.73 Å². The molecule has 0 radical (unpaired) electrons. The normalized spacial score (nSPS) is 16.8. The molecule has 1 unspecified atom stereocenters. The Hall–Kier alpha value is -1.62. The molecule has 2 rings (SSSR count). The van der Waals surface area contributed by atoms with Crippen LogP contribution in [0.4, 0.5) is 5.82 Å². The molecule has 20 heavy (non-hydrogen) atoms. The number of rotatable bonds is 5. The van der Waals surface area contributed by atoms with Crippen molar-refractivity contribution in [3.05, 3.63) is 23.9 Å². The van der Waals surface area contributed by atoms with Gasteiger partial charge < -0.3 is 16.0 Å². The topological polar surface area (TPSA) is 71.2 Å². The van der Waals surface area contributed by atoms with Crippen molar-refractivity contribution in [3.63, 3.8) is 0 Å². The van der Waals surface area contributed by atoms with E-state index in [0.717, 1.165) is 24.5 Å². The molecule has 0 bridgehead atoms. The minimum Gasteiger partial charge on any atom is -0.357 e. The van der Waals surface area contributed by atoms with Gasteiger partial charge in [-0.2, -0.15) is 0 Å². The van der Waals surface area contributed by atoms with Crippen LogP contribution in [0.2, 0.25) is 0 Å². The smallest absolute Gasteiger partial charge is 0.221 e. The van der Waals surface area contributed by atoms with E-state index in [-0.39, 0.29) is 11.9 Å². The van der Waals surface area contributed by atoms with Crippen LogP contribution in [0.25, 0.3) is 0 Å². The summed E-state index contributed by atoms with van der Waals surface area (Å²) < 4.78 is 0. The number of nitrogens with two attached hydrogens (primary N) is 1. The summed E-state index contributed by atoms with van der Waals surface area (Å²) in [5.74, 6) is 1.02. The van der Waals surface area contributed by atoms with Gasteiger partial charge in [0.05, 0.1) is 0 Å². The summed E-state index contributed by atoms with van der Waals surface area (Å²) in [4.78, 5) is 18.3. The Morgan fingerprint density at radius 1 is 1.40 bits per heavy atom. The van der Waals surface area contributed by atoms with Crippen molar-refractivity contribution >= 4 is 11.7 Å². The number of nitrogens with one attached hydrogen (secondary N) is 1. The first-order valence-electron chi connectivity index (χ1n) is 7.37. The average molecular weight is 276 g/mol. The van der Waals surface area contributed by atoms with Crippen molar-refractivity contribution in [3.8, 4) is 0 Å². The number of piperidine rings is 1. The van der Waals surface area contributed by atoms with Crippen molar-refractivity contribution in [1.82, 2.24) is 10.3 Å². The lowest BCUT2D eigenvalue weighted by molar-refractivity contribution is -0.121. The number of amides is 1. The van der Waals surface area contributed by atoms with E-state index in [1.165, 1.54) is 19.3 Å². The highest BCUT2D eigenvalue weighted by molar-refractivity contribution is 5.76. The molecular formula is C15H24N4O. The van der Waals surface area contributed by atoms with Crippen LogP contribution in [0.15, 0.2) is 18.3 Å². The summed E-state index contributed by atoms with van der Waals surface area (Å²) in [6, 6.07) is 3.97. The lowest BCUT2D eigenvalue weighted by Gasteiger charge is -2.27. The highest BCUT2D eigenvalue weighted by atomic mass is 16.1. The Labute approximate surface area is 120 Å². The van der Waals surface area contributed by atoms with Crippen molar-refractivity contribution in [2.45, 2.75) is 45.2 Å². The quantitative estimate of drug-likeness (QED) is 0.853. The average Bonchev–Trinajstić information content (AvgIpc) is 2.46. The van der Waals surface area contributed by atoms with E-state index in [9.17, 15) is 4.79 Å². The highest BCUT2D eigenvalue weighted by Gasteiger charge is 2.11. The molecule has 1 amide bonds. The maximum absolute atomic E-state index is 11.5. The third-order valence-electron chi connectivity index (χ3n) is 3.49. The highest BCUT2D eigenvalue weighted by Crippen LogP contribution is 2.17. The van der Waals surface area contributed by atoms with Crippen LogP contribution in [-0.2, 0) is 11.3 Å². The standard InChI is InChI=1S/C15H24N4O/c1-12(16)9-15(20)18-11-13-5-6-14(17-10-13)19-7-3-2-4-8-19/h5-6,10,12H,2-4,7-9,11,16H2,1H3,(H,18,20). The van der Waals surface area contributed by atoms with Crippen LogP contribution in [0, 0.1) is 0 Å². The molecule has 1 atom stereocenters. The van der Waals surface area contributed by atoms with Gasteiger partial charge in [-0.15, -0.1) is 0 Å². The van der Waals surface area contributed by atoms with Crippen LogP contribution in [0.1, 0.15) is 38.2 Å². The first-order valence-corrected chi connectivity index (χ1v) is 7.37. The first kappa shape index (κ1) is 14.8. The Morgan fingerprint density at radius 3 is 2.75 bits per heavy atom. The monoisotopic (exact) mass is 276 g/mol. The number of nitrogens with zero attached hydrogens (tertiary/aromatic N) is 2. The summed E-state index contributed by atoms with van der Waals surface area (Å²) in [6.07, 6.45) is 6.02. The molecule has 1 aliphatic heterocycles. The Balaban J connectivity index is 1.83. The van der Waals surface area contributed by atoms with Gasteiger partial charge >= 0.3 is 0 Å². The van der Waals surface area contributed by atoms with Crippen LogP contribution in [0.5, 0.6) is 0 Å². The summed E-state index contributed by atoms with van der Waals surface area (Å²) in [5, 5.41) is 2.86. The maximum atomic E-state index is 11.5. The summed E-state index contributed by atoms with van der Waals surface area (Å²) in [7, 11) is 0. The molecule has 1 aromatic heterocycles. The fourth-order valence-electron chi connectivity index (χ4n) is 2.40. The van der Waals surface area contributed by atoms with Gasteiger partial charge in [-0.1, -0.05) is 6.07 Å². The van der Waals surface area contributed by atoms with Crippen molar-refractivity contribution in [2.75, 3.05) is 18.0 Å². The van der Waals surface area contributed by atoms with Gasteiger partial charge in [0, 0.05) is 38.3 Å². The van der Waals surface area contributed by atoms with E-state index < -0.39 is 0 Å². The zero-order valence-electron chi connectivity index (χ0n) is 12.1. The number of hydrogen-bond donors (Lipinski definition) is 2. The summed E-state index contributed by atoms with van der Waals surface area (Å²) in [6.45, 7) is 4.53. The lowest BCUT2D eigenvalue weighted by Crippen LogP contribution is -2.30. The third kappa shape index (κ3) is 4.49.